The van der Waals surface area contributed by atoms with Crippen molar-refractivity contribution in [2.75, 3.05) is 19.6 Å². The van der Waals surface area contributed by atoms with Gasteiger partial charge in [0.2, 0.25) is 0 Å². The van der Waals surface area contributed by atoms with Gasteiger partial charge in [0, 0.05) is 10.9 Å². The molecule has 1 aromatic carbocycles. The third kappa shape index (κ3) is 4.67. The summed E-state index contributed by atoms with van der Waals surface area (Å²) in [6.07, 6.45) is 2.04. The molecular weight excluding hydrogens is 318 g/mol. The lowest BCUT2D eigenvalue weighted by molar-refractivity contribution is 0.251. The molecule has 0 aliphatic rings. The summed E-state index contributed by atoms with van der Waals surface area (Å²) >= 11 is 1.39. The first kappa shape index (κ1) is 18.2. The summed E-state index contributed by atoms with van der Waals surface area (Å²) in [6, 6.07) is 12.0. The minimum atomic E-state index is 0.105. The normalized spacial score (nSPS) is 12.1. The molecule has 2 aromatic rings. The Bertz CT molecular complexity index is 710. The van der Waals surface area contributed by atoms with Gasteiger partial charge in [0.25, 0.3) is 0 Å². The lowest BCUT2D eigenvalue weighted by Crippen LogP contribution is -2.28. The third-order valence-corrected chi connectivity index (χ3v) is 4.50. The van der Waals surface area contributed by atoms with Crippen LogP contribution in [-0.2, 0) is 0 Å². The van der Waals surface area contributed by atoms with Crippen molar-refractivity contribution in [1.82, 2.24) is 9.88 Å². The van der Waals surface area contributed by atoms with Crippen LogP contribution >= 0.6 is 11.3 Å². The molecule has 0 aliphatic carbocycles. The molecule has 0 saturated carbocycles. The molecule has 0 amide bonds. The molecule has 0 unspecified atom stereocenters. The highest BCUT2D eigenvalue weighted by atomic mass is 32.1. The van der Waals surface area contributed by atoms with Gasteiger partial charge in [-0.1, -0.05) is 44.2 Å². The van der Waals surface area contributed by atoms with Crippen molar-refractivity contribution in [3.63, 3.8) is 0 Å². The van der Waals surface area contributed by atoms with Crippen LogP contribution in [0.5, 0.6) is 0 Å². The van der Waals surface area contributed by atoms with Gasteiger partial charge in [-0.15, -0.1) is 11.3 Å². The van der Waals surface area contributed by atoms with Crippen molar-refractivity contribution in [3.8, 4) is 17.3 Å². The van der Waals surface area contributed by atoms with Gasteiger partial charge >= 0.3 is 0 Å². The molecule has 5 heteroatoms. The van der Waals surface area contributed by atoms with Crippen molar-refractivity contribution < 1.29 is 5.11 Å². The number of aliphatic hydroxyl groups is 1. The number of aromatic nitrogens is 1. The number of benzene rings is 1. The Balaban J connectivity index is 2.24. The predicted octanol–water partition coefficient (Wildman–Crippen LogP) is 4.72. The second-order valence-electron chi connectivity index (χ2n) is 5.61. The molecule has 0 radical (unpaired) electrons. The summed E-state index contributed by atoms with van der Waals surface area (Å²) in [4.78, 5) is 6.70. The van der Waals surface area contributed by atoms with Crippen LogP contribution in [0, 0.1) is 11.3 Å². The van der Waals surface area contributed by atoms with Gasteiger partial charge in [0.1, 0.15) is 22.4 Å². The van der Waals surface area contributed by atoms with Crippen LogP contribution < -0.4 is 0 Å². The molecule has 126 valence electrons. The van der Waals surface area contributed by atoms with E-state index >= 15 is 0 Å². The quantitative estimate of drug-likeness (QED) is 0.557. The highest BCUT2D eigenvalue weighted by Gasteiger charge is 2.16. The summed E-state index contributed by atoms with van der Waals surface area (Å²) in [5.74, 6) is 0.105. The zero-order valence-electron chi connectivity index (χ0n) is 14.2. The van der Waals surface area contributed by atoms with Gasteiger partial charge in [-0.3, -0.25) is 4.90 Å². The molecule has 1 N–H and O–H groups in total. The monoisotopic (exact) mass is 341 g/mol. The van der Waals surface area contributed by atoms with Gasteiger partial charge in [-0.05, 0) is 25.9 Å². The van der Waals surface area contributed by atoms with Gasteiger partial charge < -0.3 is 5.11 Å². The SMILES string of the molecule is CCCN(CCC)CC(O)=C(C#N)c1nc(-c2ccccc2)cs1. The maximum Gasteiger partial charge on any atom is 0.138 e. The Hall–Kier alpha value is -2.16. The molecular formula is C19H23N3OS. The van der Waals surface area contributed by atoms with E-state index in [0.717, 1.165) is 37.2 Å². The maximum absolute atomic E-state index is 10.4. The van der Waals surface area contributed by atoms with Gasteiger partial charge in [0.05, 0.1) is 12.2 Å². The zero-order valence-corrected chi connectivity index (χ0v) is 15.0. The number of nitriles is 1. The van der Waals surface area contributed by atoms with E-state index < -0.39 is 0 Å². The van der Waals surface area contributed by atoms with Gasteiger partial charge in [0.15, 0.2) is 0 Å². The van der Waals surface area contributed by atoms with Crippen molar-refractivity contribution >= 4 is 16.9 Å². The second-order valence-corrected chi connectivity index (χ2v) is 6.47. The van der Waals surface area contributed by atoms with Crippen molar-refractivity contribution in [3.05, 3.63) is 46.5 Å². The first-order valence-electron chi connectivity index (χ1n) is 8.25. The summed E-state index contributed by atoms with van der Waals surface area (Å²) in [5, 5.41) is 22.4. The molecule has 1 heterocycles. The fraction of sp³-hybridized carbons (Fsp3) is 0.368. The van der Waals surface area contributed by atoms with Crippen molar-refractivity contribution in [2.24, 2.45) is 0 Å². The van der Waals surface area contributed by atoms with Crippen molar-refractivity contribution in [2.45, 2.75) is 26.7 Å². The number of hydrogen-bond acceptors (Lipinski definition) is 5. The average molecular weight is 341 g/mol. The fourth-order valence-corrected chi connectivity index (χ4v) is 3.40. The van der Waals surface area contributed by atoms with E-state index in [-0.39, 0.29) is 11.3 Å². The van der Waals surface area contributed by atoms with Crippen LogP contribution in [0.15, 0.2) is 41.5 Å². The maximum atomic E-state index is 10.4. The van der Waals surface area contributed by atoms with E-state index in [1.165, 1.54) is 11.3 Å². The molecule has 0 saturated heterocycles. The van der Waals surface area contributed by atoms with Crippen LogP contribution in [-0.4, -0.2) is 34.6 Å². The lowest BCUT2D eigenvalue weighted by atomic mass is 10.2. The topological polar surface area (TPSA) is 60.1 Å². The Labute approximate surface area is 147 Å². The molecule has 2 rings (SSSR count). The summed E-state index contributed by atoms with van der Waals surface area (Å²) < 4.78 is 0. The number of aliphatic hydroxyl groups excluding tert-OH is 1. The Morgan fingerprint density at radius 1 is 1.21 bits per heavy atom. The van der Waals surface area contributed by atoms with Crippen LogP contribution in [0.3, 0.4) is 0 Å². The summed E-state index contributed by atoms with van der Waals surface area (Å²) in [7, 11) is 0. The third-order valence-electron chi connectivity index (χ3n) is 3.64. The first-order valence-corrected chi connectivity index (χ1v) is 9.13. The van der Waals surface area contributed by atoms with Crippen LogP contribution in [0.4, 0.5) is 0 Å². The van der Waals surface area contributed by atoms with Crippen molar-refractivity contribution in [1.29, 1.82) is 5.26 Å². The zero-order chi connectivity index (χ0) is 17.4. The molecule has 4 nitrogen and oxygen atoms in total. The smallest absolute Gasteiger partial charge is 0.138 e. The average Bonchev–Trinajstić information content (AvgIpc) is 3.06. The van der Waals surface area contributed by atoms with Gasteiger partial charge in [-0.2, -0.15) is 5.26 Å². The van der Waals surface area contributed by atoms with Crippen LogP contribution in [0.25, 0.3) is 16.8 Å². The fourth-order valence-electron chi connectivity index (χ4n) is 2.56. The van der Waals surface area contributed by atoms with E-state index in [2.05, 4.69) is 29.8 Å². The standard InChI is InChI=1S/C19H23N3OS/c1-3-10-22(11-4-2)13-18(23)16(12-20)19-21-17(14-24-19)15-8-6-5-7-9-15/h5-9,14,23H,3-4,10-11,13H2,1-2H3. The molecule has 0 atom stereocenters. The number of nitrogens with zero attached hydrogens (tertiary/aromatic N) is 3. The van der Waals surface area contributed by atoms with E-state index in [1.807, 2.05) is 35.7 Å². The summed E-state index contributed by atoms with van der Waals surface area (Å²) in [5.41, 5.74) is 2.12. The lowest BCUT2D eigenvalue weighted by Gasteiger charge is -2.20. The van der Waals surface area contributed by atoms with Gasteiger partial charge in [-0.25, -0.2) is 4.98 Å². The Kier molecular flexibility index (Phi) is 6.98. The molecule has 24 heavy (non-hydrogen) atoms. The number of allylic oxidation sites excluding steroid dienone is 1. The molecule has 1 aromatic heterocycles. The molecule has 0 aliphatic heterocycles. The predicted molar refractivity (Wildman–Crippen MR) is 99.7 cm³/mol. The van der Waals surface area contributed by atoms with Crippen LogP contribution in [0.1, 0.15) is 31.7 Å². The minimum Gasteiger partial charge on any atom is -0.509 e. The first-order chi connectivity index (χ1) is 11.7. The molecule has 0 fully saturated rings. The second kappa shape index (κ2) is 9.21. The van der Waals surface area contributed by atoms with E-state index in [1.54, 1.807) is 0 Å². The van der Waals surface area contributed by atoms with E-state index in [9.17, 15) is 10.4 Å². The minimum absolute atomic E-state index is 0.105. The van der Waals surface area contributed by atoms with Crippen LogP contribution in [0.2, 0.25) is 0 Å². The van der Waals surface area contributed by atoms with E-state index in [4.69, 9.17) is 0 Å². The Morgan fingerprint density at radius 2 is 1.88 bits per heavy atom. The molecule has 0 spiro atoms. The largest absolute Gasteiger partial charge is 0.509 e. The number of rotatable bonds is 8. The highest BCUT2D eigenvalue weighted by Crippen LogP contribution is 2.27. The molecule has 0 bridgehead atoms. The van der Waals surface area contributed by atoms with E-state index in [0.29, 0.717) is 11.6 Å². The highest BCUT2D eigenvalue weighted by molar-refractivity contribution is 7.11. The Morgan fingerprint density at radius 3 is 2.46 bits per heavy atom. The number of thiazole rings is 1. The number of hydrogen-bond donors (Lipinski definition) is 1. The summed E-state index contributed by atoms with van der Waals surface area (Å²) in [6.45, 7) is 6.43.